The summed E-state index contributed by atoms with van der Waals surface area (Å²) in [5.74, 6) is 2.19. The van der Waals surface area contributed by atoms with E-state index in [0.717, 1.165) is 54.1 Å². The second kappa shape index (κ2) is 6.74. The topological polar surface area (TPSA) is 34.9 Å². The standard InChI is InChI=1S/C12H20N2OS/c1-4-11-10(9-15)12(5-2)14(13-11)7-8-16-6-3/h9H,4-8H2,1-3H3. The Morgan fingerprint density at radius 3 is 2.56 bits per heavy atom. The van der Waals surface area contributed by atoms with Crippen LogP contribution in [0.5, 0.6) is 0 Å². The Labute approximate surface area is 102 Å². The second-order valence-electron chi connectivity index (χ2n) is 3.55. The first-order valence-corrected chi connectivity index (χ1v) is 7.05. The molecule has 0 spiro atoms. The first-order valence-electron chi connectivity index (χ1n) is 5.89. The van der Waals surface area contributed by atoms with Crippen LogP contribution in [0.25, 0.3) is 0 Å². The molecule has 16 heavy (non-hydrogen) atoms. The molecular formula is C12H20N2OS. The van der Waals surface area contributed by atoms with Gasteiger partial charge in [0.2, 0.25) is 0 Å². The van der Waals surface area contributed by atoms with Crippen molar-refractivity contribution in [3.05, 3.63) is 17.0 Å². The zero-order chi connectivity index (χ0) is 12.0. The molecule has 0 fully saturated rings. The highest BCUT2D eigenvalue weighted by Gasteiger charge is 2.14. The number of hydrogen-bond acceptors (Lipinski definition) is 3. The number of aromatic nitrogens is 2. The smallest absolute Gasteiger partial charge is 0.153 e. The van der Waals surface area contributed by atoms with Gasteiger partial charge in [-0.05, 0) is 18.6 Å². The van der Waals surface area contributed by atoms with Gasteiger partial charge in [-0.1, -0.05) is 20.8 Å². The van der Waals surface area contributed by atoms with Gasteiger partial charge in [-0.3, -0.25) is 9.48 Å². The van der Waals surface area contributed by atoms with Crippen LogP contribution in [0.4, 0.5) is 0 Å². The maximum Gasteiger partial charge on any atom is 0.153 e. The molecule has 0 aliphatic rings. The molecule has 4 heteroatoms. The number of hydrogen-bond donors (Lipinski definition) is 0. The van der Waals surface area contributed by atoms with E-state index in [1.807, 2.05) is 23.4 Å². The van der Waals surface area contributed by atoms with E-state index in [-0.39, 0.29) is 0 Å². The molecule has 0 unspecified atom stereocenters. The van der Waals surface area contributed by atoms with Crippen LogP contribution in [0, 0.1) is 0 Å². The summed E-state index contributed by atoms with van der Waals surface area (Å²) in [6.07, 6.45) is 2.65. The van der Waals surface area contributed by atoms with Crippen molar-refractivity contribution in [2.24, 2.45) is 0 Å². The van der Waals surface area contributed by atoms with Crippen LogP contribution in [-0.2, 0) is 19.4 Å². The monoisotopic (exact) mass is 240 g/mol. The van der Waals surface area contributed by atoms with Crippen molar-refractivity contribution >= 4 is 18.0 Å². The molecule has 0 saturated carbocycles. The third-order valence-electron chi connectivity index (χ3n) is 2.61. The van der Waals surface area contributed by atoms with Crippen LogP contribution in [0.2, 0.25) is 0 Å². The molecule has 1 rings (SSSR count). The molecule has 0 radical (unpaired) electrons. The number of carbonyl (C=O) groups excluding carboxylic acids is 1. The molecule has 90 valence electrons. The van der Waals surface area contributed by atoms with E-state index in [2.05, 4.69) is 18.9 Å². The highest BCUT2D eigenvalue weighted by molar-refractivity contribution is 7.99. The molecular weight excluding hydrogens is 220 g/mol. The summed E-state index contributed by atoms with van der Waals surface area (Å²) < 4.78 is 2.01. The van der Waals surface area contributed by atoms with Crippen LogP contribution in [0.15, 0.2) is 0 Å². The molecule has 0 aliphatic carbocycles. The van der Waals surface area contributed by atoms with E-state index in [0.29, 0.717) is 0 Å². The molecule has 1 aromatic heterocycles. The maximum atomic E-state index is 11.1. The molecule has 0 aromatic carbocycles. The number of nitrogens with zero attached hydrogens (tertiary/aromatic N) is 2. The number of aldehydes is 1. The van der Waals surface area contributed by atoms with E-state index in [9.17, 15) is 4.79 Å². The minimum absolute atomic E-state index is 0.812. The summed E-state index contributed by atoms with van der Waals surface area (Å²) in [6, 6.07) is 0. The van der Waals surface area contributed by atoms with Crippen LogP contribution in [-0.4, -0.2) is 27.6 Å². The first-order chi connectivity index (χ1) is 7.78. The Balaban J connectivity index is 2.90. The molecule has 0 bridgehead atoms. The van der Waals surface area contributed by atoms with Gasteiger partial charge in [0.1, 0.15) is 0 Å². The SMILES string of the molecule is CCSCCn1nc(CC)c(C=O)c1CC. The first kappa shape index (κ1) is 13.3. The van der Waals surface area contributed by atoms with Gasteiger partial charge >= 0.3 is 0 Å². The Bertz CT molecular complexity index is 347. The highest BCUT2D eigenvalue weighted by Crippen LogP contribution is 2.14. The lowest BCUT2D eigenvalue weighted by Gasteiger charge is -2.05. The van der Waals surface area contributed by atoms with Crippen molar-refractivity contribution in [1.29, 1.82) is 0 Å². The Morgan fingerprint density at radius 1 is 1.31 bits per heavy atom. The van der Waals surface area contributed by atoms with Gasteiger partial charge in [0.15, 0.2) is 6.29 Å². The second-order valence-corrected chi connectivity index (χ2v) is 4.95. The Kier molecular flexibility index (Phi) is 5.60. The molecule has 0 atom stereocenters. The van der Waals surface area contributed by atoms with Gasteiger partial charge in [0, 0.05) is 11.4 Å². The average molecular weight is 240 g/mol. The predicted octanol–water partition coefficient (Wildman–Crippen LogP) is 2.57. The normalized spacial score (nSPS) is 10.7. The molecule has 0 saturated heterocycles. The zero-order valence-electron chi connectivity index (χ0n) is 10.3. The van der Waals surface area contributed by atoms with Gasteiger partial charge in [0.25, 0.3) is 0 Å². The summed E-state index contributed by atoms with van der Waals surface area (Å²) in [7, 11) is 0. The molecule has 0 amide bonds. The van der Waals surface area contributed by atoms with Gasteiger partial charge in [-0.2, -0.15) is 16.9 Å². The molecule has 0 aliphatic heterocycles. The fraction of sp³-hybridized carbons (Fsp3) is 0.667. The van der Waals surface area contributed by atoms with E-state index in [4.69, 9.17) is 0 Å². The maximum absolute atomic E-state index is 11.1. The lowest BCUT2D eigenvalue weighted by Crippen LogP contribution is -2.07. The Hall–Kier alpha value is -0.770. The fourth-order valence-corrected chi connectivity index (χ4v) is 2.41. The number of carbonyl (C=O) groups is 1. The minimum atomic E-state index is 0.812. The molecule has 3 nitrogen and oxygen atoms in total. The molecule has 1 aromatic rings. The zero-order valence-corrected chi connectivity index (χ0v) is 11.1. The third kappa shape index (κ3) is 2.88. The third-order valence-corrected chi connectivity index (χ3v) is 3.49. The fourth-order valence-electron chi connectivity index (χ4n) is 1.82. The lowest BCUT2D eigenvalue weighted by molar-refractivity contribution is 0.112. The summed E-state index contributed by atoms with van der Waals surface area (Å²) in [4.78, 5) is 11.1. The van der Waals surface area contributed by atoms with Gasteiger partial charge < -0.3 is 0 Å². The number of aryl methyl sites for hydroxylation is 2. The van der Waals surface area contributed by atoms with E-state index in [1.54, 1.807) is 0 Å². The summed E-state index contributed by atoms with van der Waals surface area (Å²) in [5, 5.41) is 4.51. The van der Waals surface area contributed by atoms with E-state index in [1.165, 1.54) is 0 Å². The average Bonchev–Trinajstić information content (AvgIpc) is 2.66. The van der Waals surface area contributed by atoms with Crippen molar-refractivity contribution in [2.45, 2.75) is 40.2 Å². The van der Waals surface area contributed by atoms with E-state index >= 15 is 0 Å². The number of rotatable bonds is 7. The summed E-state index contributed by atoms with van der Waals surface area (Å²) >= 11 is 1.90. The van der Waals surface area contributed by atoms with Crippen molar-refractivity contribution in [1.82, 2.24) is 9.78 Å². The van der Waals surface area contributed by atoms with Crippen LogP contribution < -0.4 is 0 Å². The summed E-state index contributed by atoms with van der Waals surface area (Å²) in [6.45, 7) is 7.18. The molecule has 0 N–H and O–H groups in total. The van der Waals surface area contributed by atoms with Gasteiger partial charge in [-0.15, -0.1) is 0 Å². The summed E-state index contributed by atoms with van der Waals surface area (Å²) in [5.41, 5.74) is 2.84. The number of thioether (sulfide) groups is 1. The van der Waals surface area contributed by atoms with Crippen molar-refractivity contribution < 1.29 is 4.79 Å². The van der Waals surface area contributed by atoms with Crippen molar-refractivity contribution in [2.75, 3.05) is 11.5 Å². The van der Waals surface area contributed by atoms with Crippen molar-refractivity contribution in [3.63, 3.8) is 0 Å². The quantitative estimate of drug-likeness (QED) is 0.543. The predicted molar refractivity (Wildman–Crippen MR) is 69.4 cm³/mol. The molecule has 1 heterocycles. The van der Waals surface area contributed by atoms with Crippen LogP contribution in [0.1, 0.15) is 42.5 Å². The van der Waals surface area contributed by atoms with Gasteiger partial charge in [0.05, 0.1) is 17.8 Å². The van der Waals surface area contributed by atoms with E-state index < -0.39 is 0 Å². The van der Waals surface area contributed by atoms with Crippen LogP contribution >= 0.6 is 11.8 Å². The van der Waals surface area contributed by atoms with Gasteiger partial charge in [-0.25, -0.2) is 0 Å². The van der Waals surface area contributed by atoms with Crippen LogP contribution in [0.3, 0.4) is 0 Å². The minimum Gasteiger partial charge on any atom is -0.298 e. The Morgan fingerprint density at radius 2 is 2.06 bits per heavy atom. The van der Waals surface area contributed by atoms with Crippen molar-refractivity contribution in [3.8, 4) is 0 Å². The largest absolute Gasteiger partial charge is 0.298 e. The lowest BCUT2D eigenvalue weighted by atomic mass is 10.1. The highest BCUT2D eigenvalue weighted by atomic mass is 32.2.